The summed E-state index contributed by atoms with van der Waals surface area (Å²) in [4.78, 5) is 0. The summed E-state index contributed by atoms with van der Waals surface area (Å²) in [6.07, 6.45) is 0. The van der Waals surface area contributed by atoms with Gasteiger partial charge in [-0.05, 0) is 29.5 Å². The van der Waals surface area contributed by atoms with Crippen LogP contribution < -0.4 is 0 Å². The highest BCUT2D eigenvalue weighted by molar-refractivity contribution is 5.47. The number of benzene rings is 1. The van der Waals surface area contributed by atoms with Gasteiger partial charge in [0.25, 0.3) is 0 Å². The van der Waals surface area contributed by atoms with Crippen molar-refractivity contribution < 1.29 is 10.2 Å². The van der Waals surface area contributed by atoms with E-state index in [0.29, 0.717) is 0 Å². The lowest BCUT2D eigenvalue weighted by atomic mass is 9.84. The monoisotopic (exact) mass is 180 g/mol. The molecule has 72 valence electrons. The van der Waals surface area contributed by atoms with Crippen molar-refractivity contribution in [1.82, 2.24) is 0 Å². The van der Waals surface area contributed by atoms with E-state index < -0.39 is 0 Å². The van der Waals surface area contributed by atoms with Gasteiger partial charge in [0.1, 0.15) is 11.5 Å². The van der Waals surface area contributed by atoms with Crippen LogP contribution in [0.3, 0.4) is 0 Å². The van der Waals surface area contributed by atoms with Gasteiger partial charge in [0, 0.05) is 6.07 Å². The molecule has 2 N–H and O–H groups in total. The van der Waals surface area contributed by atoms with Gasteiger partial charge in [-0.15, -0.1) is 0 Å². The van der Waals surface area contributed by atoms with Crippen LogP contribution >= 0.6 is 0 Å². The minimum absolute atomic E-state index is 0.0553. The quantitative estimate of drug-likeness (QED) is 0.644. The third-order valence-electron chi connectivity index (χ3n) is 2.17. The van der Waals surface area contributed by atoms with Crippen LogP contribution in [0.25, 0.3) is 0 Å². The summed E-state index contributed by atoms with van der Waals surface area (Å²) in [7, 11) is 0. The molecule has 0 aliphatic carbocycles. The minimum Gasteiger partial charge on any atom is -0.508 e. The predicted molar refractivity (Wildman–Crippen MR) is 53.2 cm³/mol. The van der Waals surface area contributed by atoms with Gasteiger partial charge in [0.05, 0.1) is 0 Å². The van der Waals surface area contributed by atoms with Crippen molar-refractivity contribution in [1.29, 1.82) is 0 Å². The van der Waals surface area contributed by atoms with E-state index in [4.69, 9.17) is 0 Å². The van der Waals surface area contributed by atoms with Crippen molar-refractivity contribution in [3.8, 4) is 11.5 Å². The molecular weight excluding hydrogens is 164 g/mol. The summed E-state index contributed by atoms with van der Waals surface area (Å²) < 4.78 is 0. The molecule has 0 fully saturated rings. The van der Waals surface area contributed by atoms with Crippen LogP contribution in [0, 0.1) is 6.92 Å². The molecule has 0 radical (unpaired) electrons. The van der Waals surface area contributed by atoms with Gasteiger partial charge < -0.3 is 10.2 Å². The van der Waals surface area contributed by atoms with Gasteiger partial charge in [0.2, 0.25) is 0 Å². The Morgan fingerprint density at radius 3 is 2.08 bits per heavy atom. The zero-order valence-corrected chi connectivity index (χ0v) is 8.55. The highest BCUT2D eigenvalue weighted by Crippen LogP contribution is 2.33. The van der Waals surface area contributed by atoms with Crippen LogP contribution in [0.1, 0.15) is 31.9 Å². The Labute approximate surface area is 78.8 Å². The summed E-state index contributed by atoms with van der Waals surface area (Å²) in [6.45, 7) is 8.01. The third kappa shape index (κ3) is 1.94. The van der Waals surface area contributed by atoms with Gasteiger partial charge in [-0.2, -0.15) is 0 Å². The Morgan fingerprint density at radius 2 is 1.62 bits per heavy atom. The molecule has 0 aliphatic rings. The molecular formula is C11H16O2. The first-order valence-electron chi connectivity index (χ1n) is 4.35. The molecule has 0 saturated carbocycles. The van der Waals surface area contributed by atoms with E-state index in [1.165, 1.54) is 6.07 Å². The smallest absolute Gasteiger partial charge is 0.122 e. The number of aromatic hydroxyl groups is 2. The SMILES string of the molecule is Cc1c(O)cc(O)cc1C(C)(C)C. The Balaban J connectivity index is 3.37. The second kappa shape index (κ2) is 2.95. The van der Waals surface area contributed by atoms with E-state index in [0.717, 1.165) is 11.1 Å². The maximum atomic E-state index is 9.48. The molecule has 0 spiro atoms. The molecule has 0 aliphatic heterocycles. The normalized spacial score (nSPS) is 11.7. The Bertz CT molecular complexity index is 322. The first kappa shape index (κ1) is 9.90. The maximum Gasteiger partial charge on any atom is 0.122 e. The standard InChI is InChI=1S/C11H16O2/c1-7-9(11(2,3)4)5-8(12)6-10(7)13/h5-6,12-13H,1-4H3. The highest BCUT2D eigenvalue weighted by Gasteiger charge is 2.18. The van der Waals surface area contributed by atoms with Crippen molar-refractivity contribution >= 4 is 0 Å². The minimum atomic E-state index is -0.0553. The first-order chi connectivity index (χ1) is 5.82. The summed E-state index contributed by atoms with van der Waals surface area (Å²) in [5, 5.41) is 18.8. The van der Waals surface area contributed by atoms with E-state index in [2.05, 4.69) is 0 Å². The molecule has 2 heteroatoms. The number of phenolic OH excluding ortho intramolecular Hbond substituents is 2. The summed E-state index contributed by atoms with van der Waals surface area (Å²) in [5.74, 6) is 0.276. The lowest BCUT2D eigenvalue weighted by molar-refractivity contribution is 0.440. The fourth-order valence-corrected chi connectivity index (χ4v) is 1.46. The van der Waals surface area contributed by atoms with Crippen LogP contribution in [-0.4, -0.2) is 10.2 Å². The molecule has 0 atom stereocenters. The molecule has 0 saturated heterocycles. The second-order valence-corrected chi connectivity index (χ2v) is 4.39. The van der Waals surface area contributed by atoms with Crippen LogP contribution in [0.15, 0.2) is 12.1 Å². The van der Waals surface area contributed by atoms with Crippen molar-refractivity contribution in [2.45, 2.75) is 33.1 Å². The molecule has 0 heterocycles. The average molecular weight is 180 g/mol. The van der Waals surface area contributed by atoms with Gasteiger partial charge in [-0.1, -0.05) is 20.8 Å². The Hall–Kier alpha value is -1.18. The number of hydrogen-bond donors (Lipinski definition) is 2. The zero-order valence-electron chi connectivity index (χ0n) is 8.55. The molecule has 0 aromatic heterocycles. The zero-order chi connectivity index (χ0) is 10.2. The Kier molecular flexibility index (Phi) is 2.24. The lowest BCUT2D eigenvalue weighted by Crippen LogP contribution is -2.12. The number of hydrogen-bond acceptors (Lipinski definition) is 2. The molecule has 1 aromatic carbocycles. The van der Waals surface area contributed by atoms with Crippen LogP contribution in [0.4, 0.5) is 0 Å². The summed E-state index contributed by atoms with van der Waals surface area (Å²) in [6, 6.07) is 3.07. The van der Waals surface area contributed by atoms with Gasteiger partial charge >= 0.3 is 0 Å². The molecule has 0 bridgehead atoms. The number of rotatable bonds is 0. The van der Waals surface area contributed by atoms with Crippen molar-refractivity contribution in [3.63, 3.8) is 0 Å². The Morgan fingerprint density at radius 1 is 1.08 bits per heavy atom. The van der Waals surface area contributed by atoms with Crippen LogP contribution in [0.2, 0.25) is 0 Å². The summed E-state index contributed by atoms with van der Waals surface area (Å²) >= 11 is 0. The van der Waals surface area contributed by atoms with Crippen LogP contribution in [-0.2, 0) is 5.41 Å². The van der Waals surface area contributed by atoms with E-state index in [9.17, 15) is 10.2 Å². The molecule has 1 rings (SSSR count). The number of phenols is 2. The fourth-order valence-electron chi connectivity index (χ4n) is 1.46. The molecule has 0 amide bonds. The predicted octanol–water partition coefficient (Wildman–Crippen LogP) is 2.70. The van der Waals surface area contributed by atoms with Gasteiger partial charge in [-0.3, -0.25) is 0 Å². The maximum absolute atomic E-state index is 9.48. The van der Waals surface area contributed by atoms with E-state index in [1.54, 1.807) is 6.07 Å². The van der Waals surface area contributed by atoms with Crippen molar-refractivity contribution in [2.24, 2.45) is 0 Å². The van der Waals surface area contributed by atoms with E-state index in [1.807, 2.05) is 27.7 Å². The third-order valence-corrected chi connectivity index (χ3v) is 2.17. The highest BCUT2D eigenvalue weighted by atomic mass is 16.3. The largest absolute Gasteiger partial charge is 0.508 e. The van der Waals surface area contributed by atoms with Gasteiger partial charge in [0.15, 0.2) is 0 Å². The molecule has 1 aromatic rings. The first-order valence-corrected chi connectivity index (χ1v) is 4.35. The topological polar surface area (TPSA) is 40.5 Å². The van der Waals surface area contributed by atoms with Crippen molar-refractivity contribution in [3.05, 3.63) is 23.3 Å². The molecule has 2 nitrogen and oxygen atoms in total. The fraction of sp³-hybridized carbons (Fsp3) is 0.455. The van der Waals surface area contributed by atoms with Gasteiger partial charge in [-0.25, -0.2) is 0 Å². The second-order valence-electron chi connectivity index (χ2n) is 4.39. The van der Waals surface area contributed by atoms with Crippen LogP contribution in [0.5, 0.6) is 11.5 Å². The summed E-state index contributed by atoms with van der Waals surface area (Å²) in [5.41, 5.74) is 1.76. The lowest BCUT2D eigenvalue weighted by Gasteiger charge is -2.22. The molecule has 0 unspecified atom stereocenters. The average Bonchev–Trinajstić information content (AvgIpc) is 1.94. The van der Waals surface area contributed by atoms with E-state index >= 15 is 0 Å². The molecule has 13 heavy (non-hydrogen) atoms. The van der Waals surface area contributed by atoms with E-state index in [-0.39, 0.29) is 16.9 Å². The van der Waals surface area contributed by atoms with Crippen molar-refractivity contribution in [2.75, 3.05) is 0 Å².